The molecule has 3 aromatic rings. The van der Waals surface area contributed by atoms with Crippen molar-refractivity contribution < 1.29 is 18.0 Å². The van der Waals surface area contributed by atoms with Crippen LogP contribution in [-0.2, 0) is 6.18 Å². The molecule has 0 aliphatic carbocycles. The summed E-state index contributed by atoms with van der Waals surface area (Å²) in [6.45, 7) is 5.21. The average Bonchev–Trinajstić information content (AvgIpc) is 3.52. The molecule has 0 N–H and O–H groups in total. The number of likely N-dealkylation sites (tertiary alicyclic amines) is 2. The van der Waals surface area contributed by atoms with E-state index in [9.17, 15) is 18.0 Å². The molecule has 2 fully saturated rings. The van der Waals surface area contributed by atoms with Crippen LogP contribution in [0.5, 0.6) is 0 Å². The van der Waals surface area contributed by atoms with Gasteiger partial charge >= 0.3 is 6.18 Å². The quantitative estimate of drug-likeness (QED) is 0.441. The number of benzene rings is 1. The number of carbonyl (C=O) groups excluding carboxylic acids is 1. The summed E-state index contributed by atoms with van der Waals surface area (Å²) in [7, 11) is 0. The highest BCUT2D eigenvalue weighted by molar-refractivity contribution is 9.10. The number of rotatable bonds is 4. The van der Waals surface area contributed by atoms with Crippen molar-refractivity contribution >= 4 is 21.8 Å². The van der Waals surface area contributed by atoms with E-state index in [0.29, 0.717) is 41.6 Å². The molecule has 0 unspecified atom stereocenters. The minimum absolute atomic E-state index is 0.0579. The van der Waals surface area contributed by atoms with Crippen molar-refractivity contribution in [2.75, 3.05) is 26.2 Å². The van der Waals surface area contributed by atoms with Crippen LogP contribution in [0.3, 0.4) is 0 Å². The number of aromatic nitrogens is 4. The lowest BCUT2D eigenvalue weighted by Crippen LogP contribution is -2.46. The van der Waals surface area contributed by atoms with Gasteiger partial charge in [-0.05, 0) is 63.9 Å². The van der Waals surface area contributed by atoms with Gasteiger partial charge in [0, 0.05) is 41.6 Å². The van der Waals surface area contributed by atoms with Crippen LogP contribution >= 0.6 is 15.9 Å². The average molecular weight is 563 g/mol. The van der Waals surface area contributed by atoms with Crippen molar-refractivity contribution in [3.05, 3.63) is 58.2 Å². The Kier molecular flexibility index (Phi) is 6.86. The summed E-state index contributed by atoms with van der Waals surface area (Å²) in [6.07, 6.45) is 4.22. The molecule has 36 heavy (non-hydrogen) atoms. The Bertz CT molecular complexity index is 1250. The molecular formula is C25H26BrF3N6O. The Morgan fingerprint density at radius 2 is 1.72 bits per heavy atom. The monoisotopic (exact) mass is 562 g/mol. The van der Waals surface area contributed by atoms with E-state index < -0.39 is 11.7 Å². The maximum Gasteiger partial charge on any atom is 0.417 e. The highest BCUT2D eigenvalue weighted by Gasteiger charge is 2.35. The summed E-state index contributed by atoms with van der Waals surface area (Å²) in [4.78, 5) is 26.3. The molecule has 0 atom stereocenters. The summed E-state index contributed by atoms with van der Waals surface area (Å²) in [5, 5.41) is 4.60. The summed E-state index contributed by atoms with van der Waals surface area (Å²) >= 11 is 2.99. The second-order valence-electron chi connectivity index (χ2n) is 9.28. The maximum atomic E-state index is 13.8. The number of alkyl halides is 3. The molecule has 0 spiro atoms. The highest BCUT2D eigenvalue weighted by atomic mass is 79.9. The van der Waals surface area contributed by atoms with Crippen LogP contribution in [-0.4, -0.2) is 67.7 Å². The molecule has 190 valence electrons. The third kappa shape index (κ3) is 4.78. The van der Waals surface area contributed by atoms with Crippen LogP contribution in [0.25, 0.3) is 16.9 Å². The largest absolute Gasteiger partial charge is 0.417 e. The Morgan fingerprint density at radius 3 is 2.36 bits per heavy atom. The van der Waals surface area contributed by atoms with Gasteiger partial charge in [0.05, 0.1) is 22.5 Å². The molecule has 2 saturated heterocycles. The molecule has 1 amide bonds. The second-order valence-corrected chi connectivity index (χ2v) is 10.1. The van der Waals surface area contributed by atoms with Gasteiger partial charge < -0.3 is 9.80 Å². The van der Waals surface area contributed by atoms with E-state index in [0.717, 1.165) is 32.0 Å². The Labute approximate surface area is 215 Å². The molecule has 0 radical (unpaired) electrons. The van der Waals surface area contributed by atoms with Gasteiger partial charge in [-0.2, -0.15) is 18.3 Å². The lowest BCUT2D eigenvalue weighted by Gasteiger charge is -2.36. The summed E-state index contributed by atoms with van der Waals surface area (Å²) in [6, 6.07) is 4.41. The van der Waals surface area contributed by atoms with Gasteiger partial charge in [0.1, 0.15) is 12.0 Å². The fourth-order valence-electron chi connectivity index (χ4n) is 5.19. The third-order valence-electron chi connectivity index (χ3n) is 7.07. The zero-order valence-electron chi connectivity index (χ0n) is 19.8. The van der Waals surface area contributed by atoms with Crippen LogP contribution < -0.4 is 0 Å². The Balaban J connectivity index is 1.51. The summed E-state index contributed by atoms with van der Waals surface area (Å²) < 4.78 is 42.0. The molecule has 5 rings (SSSR count). The molecule has 2 aliphatic heterocycles. The van der Waals surface area contributed by atoms with Crippen molar-refractivity contribution in [3.8, 4) is 16.9 Å². The molecule has 2 aliphatic rings. The van der Waals surface area contributed by atoms with Crippen molar-refractivity contribution in [3.63, 3.8) is 0 Å². The van der Waals surface area contributed by atoms with Gasteiger partial charge in [-0.1, -0.05) is 15.9 Å². The molecule has 11 heteroatoms. The van der Waals surface area contributed by atoms with E-state index in [2.05, 4.69) is 35.9 Å². The lowest BCUT2D eigenvalue weighted by atomic mass is 10.0. The van der Waals surface area contributed by atoms with Crippen LogP contribution in [0.1, 0.15) is 47.3 Å². The number of hydrogen-bond donors (Lipinski definition) is 0. The highest BCUT2D eigenvalue weighted by Crippen LogP contribution is 2.37. The molecule has 4 heterocycles. The standard InChI is InChI=1S/C25H26BrF3N6O/c1-16-22(24(36)34-10-6-18(7-11-34)33-8-2-3-9-33)23(17-13-30-15-31-14-17)32-35(16)19-4-5-21(26)20(12-19)25(27,28)29/h4-5,12-15,18H,2-3,6-11H2,1H3. The Hall–Kier alpha value is -2.79. The van der Waals surface area contributed by atoms with Crippen LogP contribution in [0, 0.1) is 6.92 Å². The van der Waals surface area contributed by atoms with Gasteiger partial charge in [0.25, 0.3) is 5.91 Å². The first kappa shape index (κ1) is 24.9. The van der Waals surface area contributed by atoms with Crippen LogP contribution in [0.15, 0.2) is 41.4 Å². The molecule has 0 bridgehead atoms. The normalized spacial score (nSPS) is 17.6. The van der Waals surface area contributed by atoms with Crippen molar-refractivity contribution in [1.82, 2.24) is 29.5 Å². The predicted molar refractivity (Wildman–Crippen MR) is 132 cm³/mol. The zero-order valence-corrected chi connectivity index (χ0v) is 21.4. The molecular weight excluding hydrogens is 537 g/mol. The van der Waals surface area contributed by atoms with E-state index in [1.807, 2.05) is 4.90 Å². The second kappa shape index (κ2) is 9.93. The third-order valence-corrected chi connectivity index (χ3v) is 7.76. The molecule has 1 aromatic carbocycles. The first-order valence-electron chi connectivity index (χ1n) is 12.0. The van der Waals surface area contributed by atoms with Crippen molar-refractivity contribution in [1.29, 1.82) is 0 Å². The molecule has 0 saturated carbocycles. The number of piperidine rings is 1. The summed E-state index contributed by atoms with van der Waals surface area (Å²) in [5.74, 6) is -0.175. The lowest BCUT2D eigenvalue weighted by molar-refractivity contribution is -0.138. The topological polar surface area (TPSA) is 67.2 Å². The maximum absolute atomic E-state index is 13.8. The van der Waals surface area contributed by atoms with Gasteiger partial charge in [-0.25, -0.2) is 14.6 Å². The molecule has 7 nitrogen and oxygen atoms in total. The molecule has 2 aromatic heterocycles. The fourth-order valence-corrected chi connectivity index (χ4v) is 5.67. The Morgan fingerprint density at radius 1 is 1.06 bits per heavy atom. The van der Waals surface area contributed by atoms with Gasteiger partial charge in [0.15, 0.2) is 0 Å². The van der Waals surface area contributed by atoms with Gasteiger partial charge in [0.2, 0.25) is 0 Å². The number of amides is 1. The fraction of sp³-hybridized carbons (Fsp3) is 0.440. The first-order valence-corrected chi connectivity index (χ1v) is 12.8. The first-order chi connectivity index (χ1) is 17.2. The number of halogens is 4. The van der Waals surface area contributed by atoms with E-state index in [1.54, 1.807) is 25.4 Å². The minimum atomic E-state index is -4.54. The van der Waals surface area contributed by atoms with Gasteiger partial charge in [-0.3, -0.25) is 4.79 Å². The zero-order chi connectivity index (χ0) is 25.4. The summed E-state index contributed by atoms with van der Waals surface area (Å²) in [5.41, 5.74) is 1.13. The van der Waals surface area contributed by atoms with E-state index in [-0.39, 0.29) is 16.1 Å². The number of nitrogens with zero attached hydrogens (tertiary/aromatic N) is 6. The van der Waals surface area contributed by atoms with E-state index in [1.165, 1.54) is 29.9 Å². The minimum Gasteiger partial charge on any atom is -0.338 e. The smallest absolute Gasteiger partial charge is 0.338 e. The number of hydrogen-bond acceptors (Lipinski definition) is 5. The van der Waals surface area contributed by atoms with Crippen molar-refractivity contribution in [2.24, 2.45) is 0 Å². The SMILES string of the molecule is Cc1c(C(=O)N2CCC(N3CCCC3)CC2)c(-c2cncnc2)nn1-c1ccc(Br)c(C(F)(F)F)c1. The van der Waals surface area contributed by atoms with Crippen LogP contribution in [0.2, 0.25) is 0 Å². The van der Waals surface area contributed by atoms with E-state index >= 15 is 0 Å². The van der Waals surface area contributed by atoms with Gasteiger partial charge in [-0.15, -0.1) is 0 Å². The van der Waals surface area contributed by atoms with Crippen LogP contribution in [0.4, 0.5) is 13.2 Å². The van der Waals surface area contributed by atoms with Crippen molar-refractivity contribution in [2.45, 2.75) is 44.8 Å². The van der Waals surface area contributed by atoms with E-state index in [4.69, 9.17) is 0 Å². The number of carbonyl (C=O) groups is 1. The predicted octanol–water partition coefficient (Wildman–Crippen LogP) is 5.12.